The maximum Gasteiger partial charge on any atom is 0.407 e. The number of fused-ring (bicyclic) bond motifs is 8. The van der Waals surface area contributed by atoms with E-state index >= 15 is 0 Å². The average Bonchev–Trinajstić information content (AvgIpc) is 3.91. The molecule has 5 heterocycles. The normalized spacial score (nSPS) is 14.4. The van der Waals surface area contributed by atoms with E-state index in [1.54, 1.807) is 7.11 Å². The molecule has 0 saturated heterocycles. The molecule has 2 aliphatic rings. The van der Waals surface area contributed by atoms with Crippen LogP contribution in [-0.2, 0) is 59.0 Å². The third-order valence-corrected chi connectivity index (χ3v) is 12.2. The topological polar surface area (TPSA) is 131 Å². The summed E-state index contributed by atoms with van der Waals surface area (Å²) in [7, 11) is 3.13. The Morgan fingerprint density at radius 2 is 1.26 bits per heavy atom. The largest absolute Gasteiger partial charge is 0.493 e. The highest BCUT2D eigenvalue weighted by Gasteiger charge is 2.34. The molecule has 3 aromatic heterocycles. The van der Waals surface area contributed by atoms with Crippen LogP contribution >= 0.6 is 0 Å². The summed E-state index contributed by atoms with van der Waals surface area (Å²) in [6.07, 6.45) is 3.39. The second kappa shape index (κ2) is 16.8. The molecule has 326 valence electrons. The molecule has 7 rings (SSSR count). The minimum atomic E-state index is -0.631. The van der Waals surface area contributed by atoms with Gasteiger partial charge in [-0.15, -0.1) is 0 Å². The van der Waals surface area contributed by atoms with Crippen molar-refractivity contribution in [1.29, 1.82) is 0 Å². The van der Waals surface area contributed by atoms with E-state index in [2.05, 4.69) is 113 Å². The summed E-state index contributed by atoms with van der Waals surface area (Å²) in [6, 6.07) is 19.4. The molecular formula is C52H63N5O5. The molecule has 2 aromatic carbocycles. The maximum atomic E-state index is 14.2. The van der Waals surface area contributed by atoms with Gasteiger partial charge in [0.05, 0.1) is 36.5 Å². The molecule has 8 bridgehead atoms. The highest BCUT2D eigenvalue weighted by molar-refractivity contribution is 6.09. The van der Waals surface area contributed by atoms with Gasteiger partial charge in [-0.1, -0.05) is 78.8 Å². The van der Waals surface area contributed by atoms with Crippen LogP contribution < -0.4 is 10.1 Å². The number of alkyl carbamates (subject to hydrolysis) is 1. The smallest absolute Gasteiger partial charge is 0.407 e. The van der Waals surface area contributed by atoms with Crippen molar-refractivity contribution in [2.24, 2.45) is 0 Å². The minimum Gasteiger partial charge on any atom is -0.493 e. The number of aromatic amines is 2. The van der Waals surface area contributed by atoms with Crippen molar-refractivity contribution in [3.05, 3.63) is 111 Å². The van der Waals surface area contributed by atoms with Gasteiger partial charge in [0.15, 0.2) is 5.75 Å². The van der Waals surface area contributed by atoms with Gasteiger partial charge < -0.3 is 29.5 Å². The van der Waals surface area contributed by atoms with Crippen molar-refractivity contribution in [3.63, 3.8) is 0 Å². The standard InChI is InChI=1S/C52H63N5O5/c1-14-30-17-31(15-2)20-34(19-30)43-29(4)46-47(60-12)40-27-52(10,11)42(56-40)25-39-44(35-21-32(16-3)18-33(22-35)28-53-49(59)62-50(5,6)7)45(48(58)61-13)37(55-39)23-36-26-51(8,9)41(54-36)24-38(43)57-46/h17-25,55,57H,14-16,26-28H2,1-13H3,(H,53,59). The fraction of sp³-hybridized carbons (Fsp3) is 0.423. The van der Waals surface area contributed by atoms with Crippen LogP contribution in [0.1, 0.15) is 130 Å². The summed E-state index contributed by atoms with van der Waals surface area (Å²) in [5.74, 6) is 0.223. The Morgan fingerprint density at radius 3 is 1.84 bits per heavy atom. The van der Waals surface area contributed by atoms with E-state index in [9.17, 15) is 9.59 Å². The molecule has 10 heteroatoms. The number of aryl methyl sites for hydroxylation is 4. The van der Waals surface area contributed by atoms with Gasteiger partial charge in [0.1, 0.15) is 5.60 Å². The highest BCUT2D eigenvalue weighted by atomic mass is 16.6. The fourth-order valence-electron chi connectivity index (χ4n) is 8.92. The first kappa shape index (κ1) is 44.2. The molecule has 0 fully saturated rings. The van der Waals surface area contributed by atoms with Gasteiger partial charge in [-0.3, -0.25) is 9.97 Å². The first-order chi connectivity index (χ1) is 29.3. The van der Waals surface area contributed by atoms with Gasteiger partial charge in [0, 0.05) is 69.5 Å². The first-order valence-electron chi connectivity index (χ1n) is 21.9. The fourth-order valence-corrected chi connectivity index (χ4v) is 8.92. The van der Waals surface area contributed by atoms with Crippen molar-refractivity contribution < 1.29 is 23.8 Å². The van der Waals surface area contributed by atoms with E-state index in [0.717, 1.165) is 86.5 Å². The number of esters is 1. The van der Waals surface area contributed by atoms with Crippen LogP contribution in [0.5, 0.6) is 5.75 Å². The number of carbonyl (C=O) groups is 2. The van der Waals surface area contributed by atoms with Gasteiger partial charge in [-0.2, -0.15) is 0 Å². The van der Waals surface area contributed by atoms with E-state index in [0.29, 0.717) is 40.8 Å². The predicted octanol–water partition coefficient (Wildman–Crippen LogP) is 11.5. The van der Waals surface area contributed by atoms with E-state index in [-0.39, 0.29) is 12.0 Å². The maximum absolute atomic E-state index is 14.2. The number of amides is 1. The molecule has 0 unspecified atom stereocenters. The zero-order valence-electron chi connectivity index (χ0n) is 38.9. The molecule has 10 nitrogen and oxygen atoms in total. The van der Waals surface area contributed by atoms with E-state index < -0.39 is 23.1 Å². The molecule has 5 aromatic rings. The van der Waals surface area contributed by atoms with Crippen LogP contribution in [0, 0.1) is 6.92 Å². The van der Waals surface area contributed by atoms with Gasteiger partial charge in [0.25, 0.3) is 0 Å². The Hall–Kier alpha value is -5.90. The Kier molecular flexibility index (Phi) is 11.9. The molecule has 2 aliphatic heterocycles. The monoisotopic (exact) mass is 837 g/mol. The lowest BCUT2D eigenvalue weighted by atomic mass is 9.86. The Bertz CT molecular complexity index is 2720. The van der Waals surface area contributed by atoms with Gasteiger partial charge >= 0.3 is 12.1 Å². The summed E-state index contributed by atoms with van der Waals surface area (Å²) >= 11 is 0. The molecule has 0 spiro atoms. The van der Waals surface area contributed by atoms with Gasteiger partial charge in [-0.25, -0.2) is 9.59 Å². The van der Waals surface area contributed by atoms with Crippen LogP contribution in [0.15, 0.2) is 54.6 Å². The van der Waals surface area contributed by atoms with E-state index in [1.165, 1.54) is 18.2 Å². The van der Waals surface area contributed by atoms with Crippen molar-refractivity contribution in [1.82, 2.24) is 25.3 Å². The van der Waals surface area contributed by atoms with Crippen molar-refractivity contribution in [3.8, 4) is 28.0 Å². The number of aromatic nitrogens is 4. The van der Waals surface area contributed by atoms with Crippen molar-refractivity contribution in [2.45, 2.75) is 131 Å². The van der Waals surface area contributed by atoms with Crippen LogP contribution in [0.4, 0.5) is 4.79 Å². The summed E-state index contributed by atoms with van der Waals surface area (Å²) < 4.78 is 17.4. The number of ether oxygens (including phenoxy) is 3. The number of nitrogens with one attached hydrogen (secondary N) is 3. The Labute approximate surface area is 366 Å². The first-order valence-corrected chi connectivity index (χ1v) is 21.9. The number of methoxy groups -OCH3 is 2. The van der Waals surface area contributed by atoms with Gasteiger partial charge in [0.2, 0.25) is 0 Å². The SMILES string of the molecule is CCc1cc(CNC(=O)OC(C)(C)C)cc(-c2c(C(=O)OC)c3cc4nc(cc5[nH]c(c(C)c5-c5cc(CC)cc(CC)c5)c(OC)c5nc(cc2[nH]3)C(C)(C)C5)C(C)(C)C4)c1. The Morgan fingerprint density at radius 1 is 0.710 bits per heavy atom. The molecule has 3 N–H and O–H groups in total. The summed E-state index contributed by atoms with van der Waals surface area (Å²) in [4.78, 5) is 45.1. The number of hydrogen-bond acceptors (Lipinski definition) is 7. The minimum absolute atomic E-state index is 0.242. The summed E-state index contributed by atoms with van der Waals surface area (Å²) in [5, 5.41) is 2.91. The number of benzene rings is 2. The quantitative estimate of drug-likeness (QED) is 0.126. The third-order valence-electron chi connectivity index (χ3n) is 12.2. The van der Waals surface area contributed by atoms with Crippen molar-refractivity contribution >= 4 is 34.1 Å². The zero-order chi connectivity index (χ0) is 44.9. The number of carbonyl (C=O) groups excluding carboxylic acids is 2. The lowest BCUT2D eigenvalue weighted by Crippen LogP contribution is -2.32. The molecule has 0 saturated carbocycles. The molecule has 0 atom stereocenters. The Balaban J connectivity index is 1.58. The molecule has 0 aliphatic carbocycles. The summed E-state index contributed by atoms with van der Waals surface area (Å²) in [6.45, 7) is 23.2. The molecule has 1 amide bonds. The molecule has 62 heavy (non-hydrogen) atoms. The lowest BCUT2D eigenvalue weighted by Gasteiger charge is -2.20. The van der Waals surface area contributed by atoms with Crippen LogP contribution in [-0.4, -0.2) is 51.8 Å². The zero-order valence-corrected chi connectivity index (χ0v) is 38.9. The molecule has 0 radical (unpaired) electrons. The van der Waals surface area contributed by atoms with Crippen LogP contribution in [0.3, 0.4) is 0 Å². The number of H-pyrrole nitrogens is 2. The van der Waals surface area contributed by atoms with E-state index in [4.69, 9.17) is 24.2 Å². The predicted molar refractivity (Wildman–Crippen MR) is 249 cm³/mol. The summed E-state index contributed by atoms with van der Waals surface area (Å²) in [5.41, 5.74) is 15.0. The van der Waals surface area contributed by atoms with Crippen LogP contribution in [0.2, 0.25) is 0 Å². The number of rotatable bonds is 9. The van der Waals surface area contributed by atoms with Crippen molar-refractivity contribution in [2.75, 3.05) is 14.2 Å². The lowest BCUT2D eigenvalue weighted by molar-refractivity contribution is 0.0522. The second-order valence-corrected chi connectivity index (χ2v) is 19.1. The number of hydrogen-bond donors (Lipinski definition) is 3. The third kappa shape index (κ3) is 8.74. The highest BCUT2D eigenvalue weighted by Crippen LogP contribution is 2.43. The number of nitrogens with zero attached hydrogens (tertiary/aromatic N) is 2. The average molecular weight is 838 g/mol. The second-order valence-electron chi connectivity index (χ2n) is 19.1. The van der Waals surface area contributed by atoms with Gasteiger partial charge in [-0.05, 0) is 110 Å². The van der Waals surface area contributed by atoms with E-state index in [1.807, 2.05) is 32.9 Å². The molecular weight excluding hydrogens is 775 g/mol. The van der Waals surface area contributed by atoms with Crippen LogP contribution in [0.25, 0.3) is 44.3 Å².